The topological polar surface area (TPSA) is 58.6 Å². The van der Waals surface area contributed by atoms with Crippen LogP contribution in [0.15, 0.2) is 78.9 Å². The Bertz CT molecular complexity index is 969. The molecule has 1 N–H and O–H groups in total. The fraction of sp³-hybridized carbons (Fsp3) is 0.167. The van der Waals surface area contributed by atoms with Gasteiger partial charge in [0, 0.05) is 23.5 Å². The van der Waals surface area contributed by atoms with Crippen LogP contribution >= 0.6 is 0 Å². The Morgan fingerprint density at radius 3 is 2.21 bits per heavy atom. The summed E-state index contributed by atoms with van der Waals surface area (Å²) in [4.78, 5) is 26.7. The second-order valence-electron chi connectivity index (χ2n) is 6.56. The van der Waals surface area contributed by atoms with Crippen LogP contribution in [0.3, 0.4) is 0 Å². The van der Waals surface area contributed by atoms with Gasteiger partial charge in [-0.1, -0.05) is 36.4 Å². The lowest BCUT2D eigenvalue weighted by molar-refractivity contribution is -0.118. The fourth-order valence-corrected chi connectivity index (χ4v) is 2.96. The Kier molecular flexibility index (Phi) is 6.63. The van der Waals surface area contributed by atoms with Gasteiger partial charge in [0.05, 0.1) is 0 Å². The Balaban J connectivity index is 1.60. The number of para-hydroxylation sites is 2. The molecule has 0 aliphatic carbocycles. The van der Waals surface area contributed by atoms with Crippen molar-refractivity contribution in [2.75, 3.05) is 23.4 Å². The van der Waals surface area contributed by atoms with Crippen molar-refractivity contribution in [3.05, 3.63) is 90.0 Å². The van der Waals surface area contributed by atoms with Crippen LogP contribution in [0.25, 0.3) is 0 Å². The SMILES string of the molecule is CCN(C(=O)c1ccc(NC(=O)COc2ccccc2C)cc1)c1ccccc1. The largest absolute Gasteiger partial charge is 0.483 e. The Hall–Kier alpha value is -3.60. The molecule has 2 amide bonds. The van der Waals surface area contributed by atoms with Crippen molar-refractivity contribution in [2.24, 2.45) is 0 Å². The summed E-state index contributed by atoms with van der Waals surface area (Å²) in [5, 5.41) is 2.78. The van der Waals surface area contributed by atoms with Crippen LogP contribution in [0.2, 0.25) is 0 Å². The summed E-state index contributed by atoms with van der Waals surface area (Å²) in [6.45, 7) is 4.35. The normalized spacial score (nSPS) is 10.3. The predicted octanol–water partition coefficient (Wildman–Crippen LogP) is 4.68. The number of nitrogens with zero attached hydrogens (tertiary/aromatic N) is 1. The number of anilines is 2. The molecule has 0 aliphatic rings. The van der Waals surface area contributed by atoms with Crippen LogP contribution in [-0.4, -0.2) is 25.0 Å². The van der Waals surface area contributed by atoms with E-state index in [1.807, 2.05) is 68.4 Å². The van der Waals surface area contributed by atoms with E-state index in [9.17, 15) is 9.59 Å². The molecule has 0 aromatic heterocycles. The van der Waals surface area contributed by atoms with Crippen molar-refractivity contribution in [1.29, 1.82) is 0 Å². The summed E-state index contributed by atoms with van der Waals surface area (Å²) >= 11 is 0. The highest BCUT2D eigenvalue weighted by molar-refractivity contribution is 6.06. The van der Waals surface area contributed by atoms with Crippen LogP contribution in [-0.2, 0) is 4.79 Å². The van der Waals surface area contributed by atoms with Crippen molar-refractivity contribution in [1.82, 2.24) is 0 Å². The second kappa shape index (κ2) is 9.55. The third-order valence-corrected chi connectivity index (χ3v) is 4.50. The molecule has 0 saturated carbocycles. The van der Waals surface area contributed by atoms with Crippen molar-refractivity contribution < 1.29 is 14.3 Å². The van der Waals surface area contributed by atoms with Crippen molar-refractivity contribution >= 4 is 23.2 Å². The summed E-state index contributed by atoms with van der Waals surface area (Å²) in [5.74, 6) is 0.343. The number of amides is 2. The van der Waals surface area contributed by atoms with Gasteiger partial charge >= 0.3 is 0 Å². The first-order valence-corrected chi connectivity index (χ1v) is 9.53. The minimum atomic E-state index is -0.258. The number of benzene rings is 3. The first-order chi connectivity index (χ1) is 14.1. The molecule has 3 rings (SSSR count). The van der Waals surface area contributed by atoms with E-state index in [-0.39, 0.29) is 18.4 Å². The lowest BCUT2D eigenvalue weighted by Crippen LogP contribution is -2.30. The van der Waals surface area contributed by atoms with Crippen LogP contribution in [0.1, 0.15) is 22.8 Å². The fourth-order valence-electron chi connectivity index (χ4n) is 2.96. The van der Waals surface area contributed by atoms with Gasteiger partial charge in [-0.25, -0.2) is 0 Å². The molecule has 0 unspecified atom stereocenters. The van der Waals surface area contributed by atoms with Crippen LogP contribution in [0, 0.1) is 6.92 Å². The number of ether oxygens (including phenoxy) is 1. The number of hydrogen-bond donors (Lipinski definition) is 1. The molecule has 0 spiro atoms. The van der Waals surface area contributed by atoms with Gasteiger partial charge in [0.25, 0.3) is 11.8 Å². The molecule has 148 valence electrons. The summed E-state index contributed by atoms with van der Waals surface area (Å²) in [6, 6.07) is 24.0. The molecule has 0 radical (unpaired) electrons. The van der Waals surface area contributed by atoms with Gasteiger partial charge in [-0.15, -0.1) is 0 Å². The molecule has 0 bridgehead atoms. The smallest absolute Gasteiger partial charge is 0.262 e. The number of carbonyl (C=O) groups is 2. The highest BCUT2D eigenvalue weighted by Crippen LogP contribution is 2.19. The molecule has 29 heavy (non-hydrogen) atoms. The molecule has 0 fully saturated rings. The summed E-state index contributed by atoms with van der Waals surface area (Å²) in [5.41, 5.74) is 3.00. The molecule has 5 heteroatoms. The van der Waals surface area contributed by atoms with E-state index in [1.54, 1.807) is 29.2 Å². The number of carbonyl (C=O) groups excluding carboxylic acids is 2. The Morgan fingerprint density at radius 1 is 0.897 bits per heavy atom. The molecule has 5 nitrogen and oxygen atoms in total. The minimum Gasteiger partial charge on any atom is -0.483 e. The van der Waals surface area contributed by atoms with Crippen molar-refractivity contribution in [3.8, 4) is 5.75 Å². The molecule has 3 aromatic rings. The van der Waals surface area contributed by atoms with Crippen molar-refractivity contribution in [3.63, 3.8) is 0 Å². The maximum Gasteiger partial charge on any atom is 0.262 e. The molecule has 3 aromatic carbocycles. The summed E-state index contributed by atoms with van der Waals surface area (Å²) < 4.78 is 5.55. The van der Waals surface area contributed by atoms with Crippen LogP contribution in [0.5, 0.6) is 5.75 Å². The maximum atomic E-state index is 12.8. The number of hydrogen-bond acceptors (Lipinski definition) is 3. The number of aryl methyl sites for hydroxylation is 1. The van der Waals surface area contributed by atoms with Crippen molar-refractivity contribution in [2.45, 2.75) is 13.8 Å². The second-order valence-corrected chi connectivity index (χ2v) is 6.56. The minimum absolute atomic E-state index is 0.0802. The zero-order valence-corrected chi connectivity index (χ0v) is 16.6. The standard InChI is InChI=1S/C24H24N2O3/c1-3-26(21-10-5-4-6-11-21)24(28)19-13-15-20(16-14-19)25-23(27)17-29-22-12-8-7-9-18(22)2/h4-16H,3,17H2,1-2H3,(H,25,27). The van der Waals surface area contributed by atoms with Gasteiger partial charge in [0.2, 0.25) is 0 Å². The molecular formula is C24H24N2O3. The van der Waals surface area contributed by atoms with Gasteiger partial charge in [-0.05, 0) is 61.9 Å². The Morgan fingerprint density at radius 2 is 1.55 bits per heavy atom. The highest BCUT2D eigenvalue weighted by atomic mass is 16.5. The maximum absolute atomic E-state index is 12.8. The Labute approximate surface area is 170 Å². The summed E-state index contributed by atoms with van der Waals surface area (Å²) in [7, 11) is 0. The van der Waals surface area contributed by atoms with E-state index in [4.69, 9.17) is 4.74 Å². The van der Waals surface area contributed by atoms with Gasteiger partial charge in [0.1, 0.15) is 5.75 Å². The molecule has 0 aliphatic heterocycles. The number of rotatable bonds is 7. The van der Waals surface area contributed by atoms with Gasteiger partial charge in [-0.3, -0.25) is 9.59 Å². The highest BCUT2D eigenvalue weighted by Gasteiger charge is 2.16. The first-order valence-electron chi connectivity index (χ1n) is 9.53. The summed E-state index contributed by atoms with van der Waals surface area (Å²) in [6.07, 6.45) is 0. The van der Waals surface area contributed by atoms with Crippen LogP contribution in [0.4, 0.5) is 11.4 Å². The zero-order valence-electron chi connectivity index (χ0n) is 16.6. The van der Waals surface area contributed by atoms with Gasteiger partial charge in [-0.2, -0.15) is 0 Å². The first kappa shape index (κ1) is 20.1. The van der Waals surface area contributed by atoms with E-state index in [0.29, 0.717) is 23.5 Å². The third-order valence-electron chi connectivity index (χ3n) is 4.50. The lowest BCUT2D eigenvalue weighted by Gasteiger charge is -2.21. The molecule has 0 atom stereocenters. The third kappa shape index (κ3) is 5.23. The van der Waals surface area contributed by atoms with E-state index in [1.165, 1.54) is 0 Å². The predicted molar refractivity (Wildman–Crippen MR) is 116 cm³/mol. The average Bonchev–Trinajstić information content (AvgIpc) is 2.75. The average molecular weight is 388 g/mol. The number of nitrogens with one attached hydrogen (secondary N) is 1. The van der Waals surface area contributed by atoms with E-state index in [0.717, 1.165) is 11.3 Å². The molecule has 0 saturated heterocycles. The van der Waals surface area contributed by atoms with Gasteiger partial charge in [0.15, 0.2) is 6.61 Å². The molecular weight excluding hydrogens is 364 g/mol. The van der Waals surface area contributed by atoms with E-state index >= 15 is 0 Å². The zero-order chi connectivity index (χ0) is 20.6. The monoisotopic (exact) mass is 388 g/mol. The van der Waals surface area contributed by atoms with Gasteiger partial charge < -0.3 is 15.0 Å². The van der Waals surface area contributed by atoms with Crippen LogP contribution < -0.4 is 15.0 Å². The lowest BCUT2D eigenvalue weighted by atomic mass is 10.1. The van der Waals surface area contributed by atoms with E-state index in [2.05, 4.69) is 5.32 Å². The quantitative estimate of drug-likeness (QED) is 0.639. The molecule has 0 heterocycles. The van der Waals surface area contributed by atoms with E-state index < -0.39 is 0 Å².